The maximum Gasteiger partial charge on any atom is 0.407 e. The summed E-state index contributed by atoms with van der Waals surface area (Å²) in [7, 11) is 5.30. The fourth-order valence-electron chi connectivity index (χ4n) is 9.19. The average Bonchev–Trinajstić information content (AvgIpc) is 3.52. The van der Waals surface area contributed by atoms with Crippen LogP contribution < -0.4 is 10.2 Å². The maximum absolute atomic E-state index is 15.0. The highest BCUT2D eigenvalue weighted by Gasteiger charge is 2.55. The average molecular weight is 665 g/mol. The lowest BCUT2D eigenvalue weighted by Gasteiger charge is -2.57. The van der Waals surface area contributed by atoms with Gasteiger partial charge in [0.15, 0.2) is 0 Å². The van der Waals surface area contributed by atoms with Crippen LogP contribution in [-0.2, 0) is 21.6 Å². The van der Waals surface area contributed by atoms with Gasteiger partial charge < -0.3 is 29.5 Å². The number of carbonyl (C=O) groups is 1. The zero-order valence-corrected chi connectivity index (χ0v) is 28.6. The molecule has 3 aliphatic heterocycles. The second-order valence-electron chi connectivity index (χ2n) is 14.4. The number of halogens is 2. The Kier molecular flexibility index (Phi) is 10.9. The van der Waals surface area contributed by atoms with E-state index in [1.54, 1.807) is 6.07 Å². The molecule has 1 saturated carbocycles. The molecule has 2 aromatic rings. The second-order valence-corrected chi connectivity index (χ2v) is 14.4. The highest BCUT2D eigenvalue weighted by atomic mass is 19.1. The van der Waals surface area contributed by atoms with E-state index in [2.05, 4.69) is 32.2 Å². The van der Waals surface area contributed by atoms with E-state index >= 15 is 8.78 Å². The van der Waals surface area contributed by atoms with E-state index in [1.165, 1.54) is 19.2 Å². The quantitative estimate of drug-likeness (QED) is 0.388. The van der Waals surface area contributed by atoms with Crippen LogP contribution in [0.15, 0.2) is 36.4 Å². The van der Waals surface area contributed by atoms with Crippen LogP contribution in [0.3, 0.4) is 0 Å². The molecule has 1 unspecified atom stereocenters. The Morgan fingerprint density at radius 3 is 2.50 bits per heavy atom. The number of nitrogens with zero attached hydrogens (tertiary/aromatic N) is 5. The molecule has 1 amide bonds. The maximum atomic E-state index is 15.0. The number of nitrogens with one attached hydrogen (secondary N) is 1. The van der Waals surface area contributed by atoms with Crippen molar-refractivity contribution in [3.05, 3.63) is 64.7 Å². The molecular weight excluding hydrogens is 614 g/mol. The standard InChI is InChI=1S/C37H50F2N6O3/c1-42(2)25-28-19-35(33(39)18-27(28)21-40)44-23-26(24-44)22-43-12-10-29(11-13-43)37(45-14-16-48-17-15-45,30-6-4-7-31(38)20-30)32-8-5-9-34(32)41-36(46)47-3/h4,6-7,18-20,26,29,32,34H,5,8-17,22-25H2,1-3H3,(H,41,46)/t32-,34-,37?/m0/s1. The summed E-state index contributed by atoms with van der Waals surface area (Å²) in [5, 5.41) is 12.7. The van der Waals surface area contributed by atoms with Crippen molar-refractivity contribution in [2.24, 2.45) is 17.8 Å². The molecule has 3 saturated heterocycles. The van der Waals surface area contributed by atoms with E-state index in [1.807, 2.05) is 31.1 Å². The van der Waals surface area contributed by atoms with Crippen LogP contribution in [0, 0.1) is 40.7 Å². The minimum atomic E-state index is -0.454. The molecule has 2 aromatic carbocycles. The molecule has 3 heterocycles. The number of hydrogen-bond donors (Lipinski definition) is 1. The van der Waals surface area contributed by atoms with Crippen LogP contribution in [0.25, 0.3) is 0 Å². The van der Waals surface area contributed by atoms with E-state index in [4.69, 9.17) is 9.47 Å². The summed E-state index contributed by atoms with van der Waals surface area (Å²) in [6.45, 7) is 7.76. The third-order valence-electron chi connectivity index (χ3n) is 11.2. The summed E-state index contributed by atoms with van der Waals surface area (Å²) in [4.78, 5) is 21.7. The molecule has 0 radical (unpaired) electrons. The lowest BCUT2D eigenvalue weighted by Crippen LogP contribution is -2.63. The zero-order valence-electron chi connectivity index (χ0n) is 28.6. The van der Waals surface area contributed by atoms with Gasteiger partial charge in [0.05, 0.1) is 43.2 Å². The number of piperidine rings is 1. The van der Waals surface area contributed by atoms with Crippen molar-refractivity contribution in [1.82, 2.24) is 20.0 Å². The summed E-state index contributed by atoms with van der Waals surface area (Å²) in [5.41, 5.74) is 2.36. The third kappa shape index (κ3) is 7.04. The summed E-state index contributed by atoms with van der Waals surface area (Å²) >= 11 is 0. The number of hydrogen-bond acceptors (Lipinski definition) is 8. The first-order valence-corrected chi connectivity index (χ1v) is 17.5. The third-order valence-corrected chi connectivity index (χ3v) is 11.2. The van der Waals surface area contributed by atoms with Crippen LogP contribution >= 0.6 is 0 Å². The summed E-state index contributed by atoms with van der Waals surface area (Å²) in [6, 6.07) is 12.5. The van der Waals surface area contributed by atoms with Crippen molar-refractivity contribution in [3.8, 4) is 6.07 Å². The van der Waals surface area contributed by atoms with E-state index in [0.717, 1.165) is 89.0 Å². The Morgan fingerprint density at radius 1 is 1.08 bits per heavy atom. The predicted molar refractivity (Wildman–Crippen MR) is 181 cm³/mol. The number of morpholine rings is 1. The molecule has 11 heteroatoms. The Balaban J connectivity index is 1.18. The first kappa shape index (κ1) is 34.6. The molecular formula is C37H50F2N6O3. The van der Waals surface area contributed by atoms with Crippen molar-refractivity contribution < 1.29 is 23.0 Å². The summed E-state index contributed by atoms with van der Waals surface area (Å²) < 4.78 is 40.9. The Labute approximate surface area is 283 Å². The van der Waals surface area contributed by atoms with Crippen molar-refractivity contribution >= 4 is 11.8 Å². The minimum Gasteiger partial charge on any atom is -0.453 e. The summed E-state index contributed by atoms with van der Waals surface area (Å²) in [6.07, 6.45) is 4.32. The van der Waals surface area contributed by atoms with Gasteiger partial charge in [-0.25, -0.2) is 13.6 Å². The van der Waals surface area contributed by atoms with Gasteiger partial charge in [0, 0.05) is 57.1 Å². The second kappa shape index (κ2) is 15.1. The van der Waals surface area contributed by atoms with E-state index < -0.39 is 11.6 Å². The predicted octanol–water partition coefficient (Wildman–Crippen LogP) is 4.80. The summed E-state index contributed by atoms with van der Waals surface area (Å²) in [5.74, 6) is 0.231. The SMILES string of the molecule is COC(=O)N[C@H]1CCC[C@@H]1C(c1cccc(F)c1)(C1CCN(CC2CN(c3cc(CN(C)C)c(C#N)cc3F)C2)CC1)N1CCOCC1. The first-order chi connectivity index (χ1) is 23.2. The number of carbonyl (C=O) groups excluding carboxylic acids is 1. The molecule has 260 valence electrons. The van der Waals surface area contributed by atoms with Crippen LogP contribution in [0.2, 0.25) is 0 Å². The van der Waals surface area contributed by atoms with Crippen LogP contribution in [0.1, 0.15) is 48.8 Å². The van der Waals surface area contributed by atoms with Gasteiger partial charge in [-0.3, -0.25) is 4.90 Å². The van der Waals surface area contributed by atoms with Gasteiger partial charge in [-0.1, -0.05) is 18.6 Å². The van der Waals surface area contributed by atoms with Crippen LogP contribution in [0.5, 0.6) is 0 Å². The lowest BCUT2D eigenvalue weighted by atomic mass is 9.63. The number of likely N-dealkylation sites (tertiary alicyclic amines) is 1. The van der Waals surface area contributed by atoms with Crippen molar-refractivity contribution in [2.75, 3.05) is 85.1 Å². The Hall–Kier alpha value is -3.30. The molecule has 9 nitrogen and oxygen atoms in total. The van der Waals surface area contributed by atoms with Gasteiger partial charge in [0.25, 0.3) is 0 Å². The number of alkyl carbamates (subject to hydrolysis) is 1. The molecule has 1 aliphatic carbocycles. The number of nitriles is 1. The van der Waals surface area contributed by atoms with E-state index in [0.29, 0.717) is 36.9 Å². The first-order valence-electron chi connectivity index (χ1n) is 17.5. The lowest BCUT2D eigenvalue weighted by molar-refractivity contribution is -0.0971. The largest absolute Gasteiger partial charge is 0.453 e. The molecule has 3 atom stereocenters. The number of methoxy groups -OCH3 is 1. The molecule has 0 bridgehead atoms. The Bertz CT molecular complexity index is 1470. The monoisotopic (exact) mass is 664 g/mol. The van der Waals surface area contributed by atoms with Gasteiger partial charge in [-0.05, 0) is 94.2 Å². The molecule has 6 rings (SSSR count). The number of amides is 1. The van der Waals surface area contributed by atoms with Gasteiger partial charge in [-0.2, -0.15) is 5.26 Å². The Morgan fingerprint density at radius 2 is 1.83 bits per heavy atom. The molecule has 4 aliphatic rings. The van der Waals surface area contributed by atoms with Gasteiger partial charge in [0.2, 0.25) is 0 Å². The van der Waals surface area contributed by atoms with Gasteiger partial charge >= 0.3 is 6.09 Å². The number of benzene rings is 2. The van der Waals surface area contributed by atoms with Crippen molar-refractivity contribution in [2.45, 2.75) is 50.2 Å². The minimum absolute atomic E-state index is 0.0663. The molecule has 4 fully saturated rings. The normalized spacial score (nSPS) is 24.2. The fourth-order valence-corrected chi connectivity index (χ4v) is 9.19. The van der Waals surface area contributed by atoms with Crippen LogP contribution in [0.4, 0.5) is 19.3 Å². The zero-order chi connectivity index (χ0) is 33.8. The molecule has 48 heavy (non-hydrogen) atoms. The van der Waals surface area contributed by atoms with E-state index in [9.17, 15) is 10.1 Å². The van der Waals surface area contributed by atoms with Gasteiger partial charge in [0.1, 0.15) is 11.6 Å². The van der Waals surface area contributed by atoms with Crippen molar-refractivity contribution in [3.63, 3.8) is 0 Å². The molecule has 0 aromatic heterocycles. The number of rotatable bonds is 10. The topological polar surface area (TPSA) is 84.3 Å². The van der Waals surface area contributed by atoms with Crippen molar-refractivity contribution in [1.29, 1.82) is 5.26 Å². The van der Waals surface area contributed by atoms with Crippen LogP contribution in [-0.4, -0.2) is 107 Å². The molecule has 0 spiro atoms. The molecule has 1 N–H and O–H groups in total. The highest BCUT2D eigenvalue weighted by molar-refractivity contribution is 5.67. The number of ether oxygens (including phenoxy) is 2. The fraction of sp³-hybridized carbons (Fsp3) is 0.622. The smallest absolute Gasteiger partial charge is 0.407 e. The van der Waals surface area contributed by atoms with E-state index in [-0.39, 0.29) is 29.5 Å². The highest BCUT2D eigenvalue weighted by Crippen LogP contribution is 2.53. The number of anilines is 1. The van der Waals surface area contributed by atoms with Gasteiger partial charge in [-0.15, -0.1) is 0 Å².